The molecule has 0 bridgehead atoms. The lowest BCUT2D eigenvalue weighted by Gasteiger charge is -2.32. The van der Waals surface area contributed by atoms with Gasteiger partial charge in [-0.05, 0) is 11.6 Å². The van der Waals surface area contributed by atoms with Crippen LogP contribution in [0.3, 0.4) is 0 Å². The molecule has 0 radical (unpaired) electrons. The summed E-state index contributed by atoms with van der Waals surface area (Å²) in [5.41, 5.74) is 1.17. The van der Waals surface area contributed by atoms with Crippen molar-refractivity contribution in [3.63, 3.8) is 0 Å². The van der Waals surface area contributed by atoms with E-state index in [1.165, 1.54) is 18.4 Å². The first-order valence-corrected chi connectivity index (χ1v) is 6.22. The SMILES string of the molecule is C[N+]1(C(C#N)/C=C/c2ccccc2)CCCC1. The summed E-state index contributed by atoms with van der Waals surface area (Å²) in [6.07, 6.45) is 6.61. The van der Waals surface area contributed by atoms with Crippen LogP contribution in [0.25, 0.3) is 6.08 Å². The second-order valence-corrected chi connectivity index (χ2v) is 4.98. The number of likely N-dealkylation sites (tertiary alicyclic amines) is 1. The Balaban J connectivity index is 2.11. The standard InChI is InChI=1S/C15H19N2/c1-17(11-5-6-12-17)15(13-16)10-9-14-7-3-2-4-8-14/h2-4,7-10,15H,5-6,11-12H2,1H3/q+1/b10-9+. The van der Waals surface area contributed by atoms with Crippen LogP contribution >= 0.6 is 0 Å². The molecule has 88 valence electrons. The fraction of sp³-hybridized carbons (Fsp3) is 0.400. The number of hydrogen-bond acceptors (Lipinski definition) is 1. The van der Waals surface area contributed by atoms with E-state index in [9.17, 15) is 5.26 Å². The molecule has 1 fully saturated rings. The van der Waals surface area contributed by atoms with Gasteiger partial charge in [-0.3, -0.25) is 0 Å². The Morgan fingerprint density at radius 1 is 1.24 bits per heavy atom. The first kappa shape index (κ1) is 11.9. The van der Waals surface area contributed by atoms with Gasteiger partial charge in [0.1, 0.15) is 6.07 Å². The lowest BCUT2D eigenvalue weighted by molar-refractivity contribution is -0.907. The molecule has 2 rings (SSSR count). The van der Waals surface area contributed by atoms with Gasteiger partial charge in [0, 0.05) is 12.8 Å². The van der Waals surface area contributed by atoms with Crippen molar-refractivity contribution in [3.05, 3.63) is 42.0 Å². The average molecular weight is 227 g/mol. The van der Waals surface area contributed by atoms with Crippen LogP contribution in [0, 0.1) is 11.3 Å². The predicted octanol–water partition coefficient (Wildman–Crippen LogP) is 2.83. The van der Waals surface area contributed by atoms with Gasteiger partial charge in [0.05, 0.1) is 20.1 Å². The van der Waals surface area contributed by atoms with Gasteiger partial charge in [-0.15, -0.1) is 0 Å². The molecular weight excluding hydrogens is 208 g/mol. The molecular formula is C15H19N2+. The van der Waals surface area contributed by atoms with Crippen molar-refractivity contribution < 1.29 is 4.48 Å². The number of nitrogens with zero attached hydrogens (tertiary/aromatic N) is 2. The molecule has 1 aromatic rings. The summed E-state index contributed by atoms with van der Waals surface area (Å²) in [5.74, 6) is 0. The number of quaternary nitrogens is 1. The van der Waals surface area contributed by atoms with Crippen molar-refractivity contribution >= 4 is 6.08 Å². The van der Waals surface area contributed by atoms with Gasteiger partial charge in [0.2, 0.25) is 0 Å². The minimum atomic E-state index is -0.0160. The van der Waals surface area contributed by atoms with Gasteiger partial charge in [-0.1, -0.05) is 36.4 Å². The van der Waals surface area contributed by atoms with Crippen molar-refractivity contribution in [2.24, 2.45) is 0 Å². The summed E-state index contributed by atoms with van der Waals surface area (Å²) in [4.78, 5) is 0. The van der Waals surface area contributed by atoms with Crippen LogP contribution in [0.4, 0.5) is 0 Å². The third-order valence-corrected chi connectivity index (χ3v) is 3.66. The van der Waals surface area contributed by atoms with Gasteiger partial charge in [0.25, 0.3) is 0 Å². The molecule has 17 heavy (non-hydrogen) atoms. The highest BCUT2D eigenvalue weighted by Gasteiger charge is 2.34. The second-order valence-electron chi connectivity index (χ2n) is 4.98. The molecule has 0 saturated carbocycles. The summed E-state index contributed by atoms with van der Waals surface area (Å²) < 4.78 is 0.875. The fourth-order valence-electron chi connectivity index (χ4n) is 2.49. The average Bonchev–Trinajstić information content (AvgIpc) is 2.79. The zero-order valence-corrected chi connectivity index (χ0v) is 10.3. The van der Waals surface area contributed by atoms with E-state index in [2.05, 4.69) is 37.4 Å². The number of benzene rings is 1. The van der Waals surface area contributed by atoms with Crippen LogP contribution in [0.15, 0.2) is 36.4 Å². The first-order valence-electron chi connectivity index (χ1n) is 6.22. The molecule has 1 aromatic carbocycles. The van der Waals surface area contributed by atoms with E-state index in [4.69, 9.17) is 0 Å². The summed E-state index contributed by atoms with van der Waals surface area (Å²) in [7, 11) is 2.19. The zero-order chi connectivity index (χ0) is 12.1. The van der Waals surface area contributed by atoms with Crippen LogP contribution in [0.2, 0.25) is 0 Å². The lowest BCUT2D eigenvalue weighted by Crippen LogP contribution is -2.48. The van der Waals surface area contributed by atoms with E-state index in [0.717, 1.165) is 17.6 Å². The summed E-state index contributed by atoms with van der Waals surface area (Å²) in [6.45, 7) is 2.24. The lowest BCUT2D eigenvalue weighted by atomic mass is 10.1. The maximum atomic E-state index is 9.31. The van der Waals surface area contributed by atoms with Gasteiger partial charge >= 0.3 is 0 Å². The molecule has 0 spiro atoms. The van der Waals surface area contributed by atoms with Crippen molar-refractivity contribution in [2.75, 3.05) is 20.1 Å². The van der Waals surface area contributed by atoms with Crippen LogP contribution < -0.4 is 0 Å². The van der Waals surface area contributed by atoms with Gasteiger partial charge in [-0.2, -0.15) is 5.26 Å². The van der Waals surface area contributed by atoms with E-state index in [1.807, 2.05) is 18.2 Å². The van der Waals surface area contributed by atoms with Crippen molar-refractivity contribution in [2.45, 2.75) is 18.9 Å². The molecule has 1 aliphatic heterocycles. The number of hydrogen-bond donors (Lipinski definition) is 0. The van der Waals surface area contributed by atoms with Crippen molar-refractivity contribution in [1.29, 1.82) is 5.26 Å². The largest absolute Gasteiger partial charge is 0.308 e. The predicted molar refractivity (Wildman–Crippen MR) is 70.0 cm³/mol. The Bertz CT molecular complexity index is 422. The minimum absolute atomic E-state index is 0.0160. The second kappa shape index (κ2) is 5.16. The third-order valence-electron chi connectivity index (χ3n) is 3.66. The highest BCUT2D eigenvalue weighted by atomic mass is 15.4. The Kier molecular flexibility index (Phi) is 3.61. The molecule has 0 amide bonds. The monoisotopic (exact) mass is 227 g/mol. The molecule has 2 nitrogen and oxygen atoms in total. The van der Waals surface area contributed by atoms with Gasteiger partial charge in [-0.25, -0.2) is 0 Å². The van der Waals surface area contributed by atoms with Gasteiger partial charge < -0.3 is 4.48 Å². The fourth-order valence-corrected chi connectivity index (χ4v) is 2.49. The van der Waals surface area contributed by atoms with E-state index in [-0.39, 0.29) is 6.04 Å². The Labute approximate surface area is 103 Å². The topological polar surface area (TPSA) is 23.8 Å². The smallest absolute Gasteiger partial charge is 0.195 e. The van der Waals surface area contributed by atoms with E-state index < -0.39 is 0 Å². The summed E-state index contributed by atoms with van der Waals surface area (Å²) >= 11 is 0. The molecule has 2 heteroatoms. The van der Waals surface area contributed by atoms with Gasteiger partial charge in [0.15, 0.2) is 6.04 Å². The summed E-state index contributed by atoms with van der Waals surface area (Å²) in [6, 6.07) is 12.6. The van der Waals surface area contributed by atoms with Crippen molar-refractivity contribution in [1.82, 2.24) is 0 Å². The van der Waals surface area contributed by atoms with Crippen LogP contribution in [-0.2, 0) is 0 Å². The molecule has 0 aromatic heterocycles. The molecule has 0 aliphatic carbocycles. The quantitative estimate of drug-likeness (QED) is 0.728. The molecule has 0 N–H and O–H groups in total. The van der Waals surface area contributed by atoms with E-state index >= 15 is 0 Å². The number of rotatable bonds is 3. The molecule has 1 heterocycles. The Morgan fingerprint density at radius 2 is 1.88 bits per heavy atom. The number of likely N-dealkylation sites (N-methyl/N-ethyl adjacent to an activating group) is 1. The maximum Gasteiger partial charge on any atom is 0.195 e. The molecule has 1 aliphatic rings. The summed E-state index contributed by atoms with van der Waals surface area (Å²) in [5, 5.41) is 9.31. The third kappa shape index (κ3) is 2.75. The highest BCUT2D eigenvalue weighted by molar-refractivity contribution is 5.49. The first-order chi connectivity index (χ1) is 8.24. The zero-order valence-electron chi connectivity index (χ0n) is 10.3. The Hall–Kier alpha value is -1.59. The number of nitriles is 1. The molecule has 1 atom stereocenters. The minimum Gasteiger partial charge on any atom is -0.308 e. The highest BCUT2D eigenvalue weighted by Crippen LogP contribution is 2.21. The van der Waals surface area contributed by atoms with Crippen molar-refractivity contribution in [3.8, 4) is 6.07 Å². The van der Waals surface area contributed by atoms with E-state index in [1.54, 1.807) is 0 Å². The molecule has 1 saturated heterocycles. The van der Waals surface area contributed by atoms with E-state index in [0.29, 0.717) is 0 Å². The normalized spacial score (nSPS) is 20.2. The van der Waals surface area contributed by atoms with Crippen LogP contribution in [0.1, 0.15) is 18.4 Å². The molecule has 1 unspecified atom stereocenters. The maximum absolute atomic E-state index is 9.31. The van der Waals surface area contributed by atoms with Crippen LogP contribution in [-0.4, -0.2) is 30.7 Å². The van der Waals surface area contributed by atoms with Crippen LogP contribution in [0.5, 0.6) is 0 Å². The Morgan fingerprint density at radius 3 is 2.47 bits per heavy atom.